The largest absolute Gasteiger partial charge is 0.379 e. The summed E-state index contributed by atoms with van der Waals surface area (Å²) in [6.07, 6.45) is 7.31. The van der Waals surface area contributed by atoms with Crippen LogP contribution in [0.15, 0.2) is 36.5 Å². The molecule has 1 aromatic heterocycles. The highest BCUT2D eigenvalue weighted by atomic mass is 35.5. The lowest BCUT2D eigenvalue weighted by atomic mass is 10.1. The number of alkyl halides is 1. The number of halogens is 1. The number of nitrogens with zero attached hydrogens (tertiary/aromatic N) is 2. The molecule has 1 heterocycles. The zero-order valence-corrected chi connectivity index (χ0v) is 13.2. The zero-order chi connectivity index (χ0) is 14.7. The van der Waals surface area contributed by atoms with Crippen LogP contribution in [0.2, 0.25) is 0 Å². The van der Waals surface area contributed by atoms with E-state index in [-0.39, 0.29) is 5.38 Å². The highest BCUT2D eigenvalue weighted by Crippen LogP contribution is 2.29. The molecule has 0 spiro atoms. The summed E-state index contributed by atoms with van der Waals surface area (Å²) < 4.78 is 2.14. The molecule has 1 atom stereocenters. The molecule has 1 fully saturated rings. The van der Waals surface area contributed by atoms with Crippen molar-refractivity contribution in [2.75, 3.05) is 5.32 Å². The molecular formula is C17H22ClN3. The van der Waals surface area contributed by atoms with Gasteiger partial charge in [0, 0.05) is 11.9 Å². The summed E-state index contributed by atoms with van der Waals surface area (Å²) in [5.41, 5.74) is 3.31. The Balaban J connectivity index is 1.65. The number of hydrogen-bond acceptors (Lipinski definition) is 2. The highest BCUT2D eigenvalue weighted by Gasteiger charge is 2.17. The minimum atomic E-state index is 0.00439. The van der Waals surface area contributed by atoms with Crippen LogP contribution in [0.1, 0.15) is 55.3 Å². The van der Waals surface area contributed by atoms with Crippen LogP contribution in [0.5, 0.6) is 0 Å². The van der Waals surface area contributed by atoms with Crippen LogP contribution >= 0.6 is 11.6 Å². The van der Waals surface area contributed by atoms with Gasteiger partial charge in [0.15, 0.2) is 0 Å². The molecular weight excluding hydrogens is 282 g/mol. The molecule has 1 aliphatic rings. The Morgan fingerprint density at radius 2 is 2.05 bits per heavy atom. The lowest BCUT2D eigenvalue weighted by molar-refractivity contribution is 0.463. The first kappa shape index (κ1) is 14.5. The summed E-state index contributed by atoms with van der Waals surface area (Å²) in [4.78, 5) is 0. The van der Waals surface area contributed by atoms with Gasteiger partial charge in [-0.1, -0.05) is 31.0 Å². The van der Waals surface area contributed by atoms with Crippen LogP contribution < -0.4 is 5.32 Å². The van der Waals surface area contributed by atoms with Crippen molar-refractivity contribution < 1.29 is 0 Å². The van der Waals surface area contributed by atoms with Crippen molar-refractivity contribution in [2.24, 2.45) is 0 Å². The van der Waals surface area contributed by atoms with Gasteiger partial charge in [0.05, 0.1) is 23.7 Å². The third-order valence-corrected chi connectivity index (χ3v) is 4.45. The van der Waals surface area contributed by atoms with Gasteiger partial charge in [0.1, 0.15) is 0 Å². The summed E-state index contributed by atoms with van der Waals surface area (Å²) >= 11 is 6.22. The first-order valence-corrected chi connectivity index (χ1v) is 8.18. The lowest BCUT2D eigenvalue weighted by Gasteiger charge is -2.13. The van der Waals surface area contributed by atoms with E-state index in [1.54, 1.807) is 0 Å². The van der Waals surface area contributed by atoms with Gasteiger partial charge in [0.25, 0.3) is 0 Å². The van der Waals surface area contributed by atoms with Crippen molar-refractivity contribution in [1.82, 2.24) is 9.78 Å². The van der Waals surface area contributed by atoms with E-state index in [1.165, 1.54) is 25.7 Å². The van der Waals surface area contributed by atoms with Crippen LogP contribution in [-0.4, -0.2) is 9.78 Å². The molecule has 3 nitrogen and oxygen atoms in total. The molecule has 1 N–H and O–H groups in total. The van der Waals surface area contributed by atoms with Crippen LogP contribution in [0.3, 0.4) is 0 Å². The van der Waals surface area contributed by atoms with Gasteiger partial charge in [-0.3, -0.25) is 4.68 Å². The monoisotopic (exact) mass is 303 g/mol. The molecule has 21 heavy (non-hydrogen) atoms. The Morgan fingerprint density at radius 1 is 1.29 bits per heavy atom. The van der Waals surface area contributed by atoms with Crippen molar-refractivity contribution in [3.63, 3.8) is 0 Å². The number of hydrogen-bond donors (Lipinski definition) is 1. The average Bonchev–Trinajstić information content (AvgIpc) is 3.16. The second-order valence-corrected chi connectivity index (χ2v) is 6.44. The van der Waals surface area contributed by atoms with Crippen molar-refractivity contribution >= 4 is 17.3 Å². The summed E-state index contributed by atoms with van der Waals surface area (Å²) in [5, 5.41) is 8.16. The van der Waals surface area contributed by atoms with Gasteiger partial charge < -0.3 is 5.32 Å². The summed E-state index contributed by atoms with van der Waals surface area (Å²) in [7, 11) is 0. The second kappa shape index (κ2) is 6.52. The molecule has 0 saturated heterocycles. The molecule has 2 aromatic rings. The van der Waals surface area contributed by atoms with Gasteiger partial charge in [-0.05, 0) is 37.5 Å². The minimum absolute atomic E-state index is 0.00439. The standard InChI is InChI=1S/C17H22ClN3/c1-13(18)16-8-4-5-9-17(16)19-12-14-10-11-21(20-14)15-6-2-3-7-15/h4-5,8-11,13,15,19H,2-3,6-7,12H2,1H3. The Morgan fingerprint density at radius 3 is 2.81 bits per heavy atom. The van der Waals surface area contributed by atoms with E-state index in [9.17, 15) is 0 Å². The summed E-state index contributed by atoms with van der Waals surface area (Å²) in [6, 6.07) is 10.9. The molecule has 1 unspecified atom stereocenters. The van der Waals surface area contributed by atoms with Crippen molar-refractivity contribution in [1.29, 1.82) is 0 Å². The molecule has 4 heteroatoms. The lowest BCUT2D eigenvalue weighted by Crippen LogP contribution is -2.07. The summed E-state index contributed by atoms with van der Waals surface area (Å²) in [5.74, 6) is 0. The molecule has 3 rings (SSSR count). The fourth-order valence-corrected chi connectivity index (χ4v) is 3.22. The Bertz CT molecular complexity index is 585. The molecule has 112 valence electrons. The van der Waals surface area contributed by atoms with E-state index >= 15 is 0 Å². The Hall–Kier alpha value is -1.48. The van der Waals surface area contributed by atoms with E-state index in [1.807, 2.05) is 19.1 Å². The topological polar surface area (TPSA) is 29.9 Å². The van der Waals surface area contributed by atoms with Crippen LogP contribution in [0.25, 0.3) is 0 Å². The molecule has 1 aliphatic carbocycles. The maximum absolute atomic E-state index is 6.22. The van der Waals surface area contributed by atoms with Crippen LogP contribution in [0.4, 0.5) is 5.69 Å². The number of benzene rings is 1. The van der Waals surface area contributed by atoms with E-state index in [0.717, 1.165) is 23.5 Å². The number of aromatic nitrogens is 2. The van der Waals surface area contributed by atoms with Crippen molar-refractivity contribution in [2.45, 2.75) is 50.6 Å². The van der Waals surface area contributed by atoms with E-state index in [0.29, 0.717) is 6.04 Å². The van der Waals surface area contributed by atoms with Crippen LogP contribution in [-0.2, 0) is 6.54 Å². The van der Waals surface area contributed by atoms with E-state index in [4.69, 9.17) is 16.7 Å². The van der Waals surface area contributed by atoms with E-state index < -0.39 is 0 Å². The molecule has 0 radical (unpaired) electrons. The number of rotatable bonds is 5. The Labute approximate surface area is 131 Å². The maximum atomic E-state index is 6.22. The first-order valence-electron chi connectivity index (χ1n) is 7.75. The quantitative estimate of drug-likeness (QED) is 0.795. The van der Waals surface area contributed by atoms with E-state index in [2.05, 4.69) is 34.4 Å². The molecule has 1 saturated carbocycles. The molecule has 1 aromatic carbocycles. The normalized spacial score (nSPS) is 17.0. The van der Waals surface area contributed by atoms with Gasteiger partial charge in [0.2, 0.25) is 0 Å². The maximum Gasteiger partial charge on any atom is 0.0815 e. The number of anilines is 1. The van der Waals surface area contributed by atoms with Crippen molar-refractivity contribution in [3.8, 4) is 0 Å². The first-order chi connectivity index (χ1) is 10.2. The van der Waals surface area contributed by atoms with Gasteiger partial charge >= 0.3 is 0 Å². The number of para-hydroxylation sites is 1. The SMILES string of the molecule is CC(Cl)c1ccccc1NCc1ccn(C2CCCC2)n1. The Kier molecular flexibility index (Phi) is 4.49. The third-order valence-electron chi connectivity index (χ3n) is 4.21. The molecule has 0 bridgehead atoms. The van der Waals surface area contributed by atoms with Gasteiger partial charge in [-0.25, -0.2) is 0 Å². The zero-order valence-electron chi connectivity index (χ0n) is 12.4. The predicted molar refractivity (Wildman–Crippen MR) is 87.8 cm³/mol. The number of nitrogens with one attached hydrogen (secondary N) is 1. The fourth-order valence-electron chi connectivity index (χ4n) is 3.03. The predicted octanol–water partition coefficient (Wildman–Crippen LogP) is 4.91. The van der Waals surface area contributed by atoms with Crippen LogP contribution in [0, 0.1) is 0 Å². The fraction of sp³-hybridized carbons (Fsp3) is 0.471. The second-order valence-electron chi connectivity index (χ2n) is 5.78. The van der Waals surface area contributed by atoms with Gasteiger partial charge in [-0.2, -0.15) is 5.10 Å². The molecule has 0 amide bonds. The van der Waals surface area contributed by atoms with Crippen molar-refractivity contribution in [3.05, 3.63) is 47.8 Å². The highest BCUT2D eigenvalue weighted by molar-refractivity contribution is 6.21. The summed E-state index contributed by atoms with van der Waals surface area (Å²) in [6.45, 7) is 2.73. The minimum Gasteiger partial charge on any atom is -0.379 e. The third kappa shape index (κ3) is 3.41. The molecule has 0 aliphatic heterocycles. The smallest absolute Gasteiger partial charge is 0.0815 e. The van der Waals surface area contributed by atoms with Gasteiger partial charge in [-0.15, -0.1) is 11.6 Å². The average molecular weight is 304 g/mol.